The van der Waals surface area contributed by atoms with Crippen LogP contribution in [-0.4, -0.2) is 35.8 Å². The average Bonchev–Trinajstić information content (AvgIpc) is 2.38. The number of amides is 2. The number of carbonyl (C=O) groups excluding carboxylic acids is 2. The van der Waals surface area contributed by atoms with Crippen LogP contribution < -0.4 is 11.1 Å². The van der Waals surface area contributed by atoms with Gasteiger partial charge in [-0.2, -0.15) is 0 Å². The molecule has 3 N–H and O–H groups in total. The average molecular weight is 300 g/mol. The van der Waals surface area contributed by atoms with Crippen LogP contribution in [0.3, 0.4) is 0 Å². The van der Waals surface area contributed by atoms with Gasteiger partial charge in [0.25, 0.3) is 0 Å². The number of halogens is 2. The van der Waals surface area contributed by atoms with Gasteiger partial charge in [-0.1, -0.05) is 17.7 Å². The van der Waals surface area contributed by atoms with Gasteiger partial charge in [-0.05, 0) is 17.7 Å². The Morgan fingerprint density at radius 1 is 1.55 bits per heavy atom. The number of hydrogen-bond acceptors (Lipinski definition) is 3. The Hall–Kier alpha value is -1.66. The van der Waals surface area contributed by atoms with Crippen LogP contribution in [0.25, 0.3) is 0 Å². The standard InChI is InChI=1S/C13H15ClFN3O2/c14-9-2-1-8(5-10(9)15)7-18-4-3-17-13(20)11(18)6-12(16)19/h1-2,5,11H,3-4,6-7H2,(H2,16,19)(H,17,20). The largest absolute Gasteiger partial charge is 0.370 e. The van der Waals surface area contributed by atoms with Gasteiger partial charge in [0.15, 0.2) is 0 Å². The normalized spacial score (nSPS) is 19.7. The summed E-state index contributed by atoms with van der Waals surface area (Å²) in [5.74, 6) is -1.28. The van der Waals surface area contributed by atoms with E-state index in [-0.39, 0.29) is 17.4 Å². The molecule has 1 atom stereocenters. The molecule has 1 aliphatic heterocycles. The van der Waals surface area contributed by atoms with Crippen LogP contribution >= 0.6 is 11.6 Å². The molecular formula is C13H15ClFN3O2. The molecule has 2 rings (SSSR count). The maximum absolute atomic E-state index is 13.4. The Morgan fingerprint density at radius 3 is 2.95 bits per heavy atom. The summed E-state index contributed by atoms with van der Waals surface area (Å²) in [5.41, 5.74) is 5.85. The summed E-state index contributed by atoms with van der Waals surface area (Å²) in [7, 11) is 0. The summed E-state index contributed by atoms with van der Waals surface area (Å²) in [6.45, 7) is 1.43. The predicted octanol–water partition coefficient (Wildman–Crippen LogP) is 0.655. The second-order valence-electron chi connectivity index (χ2n) is 4.70. The molecule has 1 aromatic carbocycles. The molecule has 0 spiro atoms. The molecule has 0 radical (unpaired) electrons. The van der Waals surface area contributed by atoms with Gasteiger partial charge in [0, 0.05) is 19.6 Å². The summed E-state index contributed by atoms with van der Waals surface area (Å²) in [6.07, 6.45) is -0.0537. The Kier molecular flexibility index (Phi) is 4.57. The molecule has 1 unspecified atom stereocenters. The third kappa shape index (κ3) is 3.46. The van der Waals surface area contributed by atoms with Crippen molar-refractivity contribution in [2.24, 2.45) is 5.73 Å². The number of primary amides is 1. The Labute approximate surface area is 120 Å². The molecule has 2 amide bonds. The van der Waals surface area contributed by atoms with Gasteiger partial charge in [-0.25, -0.2) is 4.39 Å². The Morgan fingerprint density at radius 2 is 2.30 bits per heavy atom. The fourth-order valence-corrected chi connectivity index (χ4v) is 2.35. The zero-order valence-electron chi connectivity index (χ0n) is 10.7. The summed E-state index contributed by atoms with van der Waals surface area (Å²) in [5, 5.41) is 2.74. The fraction of sp³-hybridized carbons (Fsp3) is 0.385. The second kappa shape index (κ2) is 6.19. The van der Waals surface area contributed by atoms with Gasteiger partial charge in [-0.15, -0.1) is 0 Å². The van der Waals surface area contributed by atoms with Crippen molar-refractivity contribution in [3.8, 4) is 0 Å². The molecule has 5 nitrogen and oxygen atoms in total. The van der Waals surface area contributed by atoms with E-state index in [1.54, 1.807) is 6.07 Å². The van der Waals surface area contributed by atoms with Crippen molar-refractivity contribution in [1.82, 2.24) is 10.2 Å². The first-order valence-electron chi connectivity index (χ1n) is 6.21. The lowest BCUT2D eigenvalue weighted by molar-refractivity contribution is -0.133. The number of nitrogens with one attached hydrogen (secondary N) is 1. The predicted molar refractivity (Wildman–Crippen MR) is 72.4 cm³/mol. The first kappa shape index (κ1) is 14.7. The molecule has 0 saturated carbocycles. The maximum Gasteiger partial charge on any atom is 0.237 e. The third-order valence-corrected chi connectivity index (χ3v) is 3.51. The molecule has 1 aromatic rings. The van der Waals surface area contributed by atoms with Crippen LogP contribution in [0.1, 0.15) is 12.0 Å². The molecule has 1 fully saturated rings. The lowest BCUT2D eigenvalue weighted by Gasteiger charge is -2.34. The highest BCUT2D eigenvalue weighted by molar-refractivity contribution is 6.30. The van der Waals surface area contributed by atoms with Gasteiger partial charge in [0.05, 0.1) is 17.5 Å². The zero-order valence-corrected chi connectivity index (χ0v) is 11.5. The monoisotopic (exact) mass is 299 g/mol. The number of hydrogen-bond donors (Lipinski definition) is 2. The highest BCUT2D eigenvalue weighted by Crippen LogP contribution is 2.19. The molecule has 7 heteroatoms. The Balaban J connectivity index is 2.13. The number of rotatable bonds is 4. The first-order chi connectivity index (χ1) is 9.47. The second-order valence-corrected chi connectivity index (χ2v) is 5.10. The van der Waals surface area contributed by atoms with Crippen molar-refractivity contribution in [2.45, 2.75) is 19.0 Å². The van der Waals surface area contributed by atoms with Gasteiger partial charge in [0.2, 0.25) is 11.8 Å². The molecule has 1 heterocycles. The molecule has 108 valence electrons. The van der Waals surface area contributed by atoms with E-state index in [1.165, 1.54) is 12.1 Å². The van der Waals surface area contributed by atoms with Crippen molar-refractivity contribution in [1.29, 1.82) is 0 Å². The minimum atomic E-state index is -0.611. The van der Waals surface area contributed by atoms with E-state index >= 15 is 0 Å². The Bertz CT molecular complexity index is 538. The maximum atomic E-state index is 13.4. The molecular weight excluding hydrogens is 285 g/mol. The van der Waals surface area contributed by atoms with Crippen molar-refractivity contribution in [3.63, 3.8) is 0 Å². The first-order valence-corrected chi connectivity index (χ1v) is 6.59. The van der Waals surface area contributed by atoms with Crippen LogP contribution in [0, 0.1) is 5.82 Å². The molecule has 0 aromatic heterocycles. The van der Waals surface area contributed by atoms with Crippen molar-refractivity contribution in [3.05, 3.63) is 34.6 Å². The van der Waals surface area contributed by atoms with E-state index in [0.717, 1.165) is 0 Å². The van der Waals surface area contributed by atoms with E-state index in [1.807, 2.05) is 4.90 Å². The van der Waals surface area contributed by atoms with Crippen LogP contribution in [0.5, 0.6) is 0 Å². The van der Waals surface area contributed by atoms with Crippen molar-refractivity contribution < 1.29 is 14.0 Å². The number of piperazine rings is 1. The van der Waals surface area contributed by atoms with E-state index in [4.69, 9.17) is 17.3 Å². The highest BCUT2D eigenvalue weighted by atomic mass is 35.5. The molecule has 0 bridgehead atoms. The van der Waals surface area contributed by atoms with Crippen LogP contribution in [0.15, 0.2) is 18.2 Å². The minimum absolute atomic E-state index is 0.0537. The SMILES string of the molecule is NC(=O)CC1C(=O)NCCN1Cc1ccc(Cl)c(F)c1. The van der Waals surface area contributed by atoms with E-state index < -0.39 is 17.8 Å². The minimum Gasteiger partial charge on any atom is -0.370 e. The van der Waals surface area contributed by atoms with Gasteiger partial charge < -0.3 is 11.1 Å². The summed E-state index contributed by atoms with van der Waals surface area (Å²) in [4.78, 5) is 24.7. The van der Waals surface area contributed by atoms with Gasteiger partial charge >= 0.3 is 0 Å². The van der Waals surface area contributed by atoms with Crippen LogP contribution in [0.4, 0.5) is 4.39 Å². The van der Waals surface area contributed by atoms with Crippen molar-refractivity contribution in [2.75, 3.05) is 13.1 Å². The smallest absolute Gasteiger partial charge is 0.237 e. The zero-order chi connectivity index (χ0) is 14.7. The number of carbonyl (C=O) groups is 2. The highest BCUT2D eigenvalue weighted by Gasteiger charge is 2.30. The molecule has 0 aliphatic carbocycles. The molecule has 1 saturated heterocycles. The van der Waals surface area contributed by atoms with E-state index in [0.29, 0.717) is 25.2 Å². The summed E-state index contributed by atoms with van der Waals surface area (Å²) < 4.78 is 13.4. The third-order valence-electron chi connectivity index (χ3n) is 3.21. The molecule has 20 heavy (non-hydrogen) atoms. The lowest BCUT2D eigenvalue weighted by Crippen LogP contribution is -2.55. The number of benzene rings is 1. The topological polar surface area (TPSA) is 75.4 Å². The molecule has 1 aliphatic rings. The quantitative estimate of drug-likeness (QED) is 0.857. The van der Waals surface area contributed by atoms with E-state index in [2.05, 4.69) is 5.32 Å². The van der Waals surface area contributed by atoms with Gasteiger partial charge in [0.1, 0.15) is 5.82 Å². The summed E-state index contributed by atoms with van der Waals surface area (Å²) >= 11 is 5.63. The lowest BCUT2D eigenvalue weighted by atomic mass is 10.1. The van der Waals surface area contributed by atoms with Crippen LogP contribution in [0.2, 0.25) is 5.02 Å². The number of nitrogens with two attached hydrogens (primary N) is 1. The van der Waals surface area contributed by atoms with Gasteiger partial charge in [-0.3, -0.25) is 14.5 Å². The summed E-state index contributed by atoms with van der Waals surface area (Å²) in [6, 6.07) is 3.88. The van der Waals surface area contributed by atoms with Crippen LogP contribution in [-0.2, 0) is 16.1 Å². The fourth-order valence-electron chi connectivity index (χ4n) is 2.24. The number of nitrogens with zero attached hydrogens (tertiary/aromatic N) is 1. The van der Waals surface area contributed by atoms with E-state index in [9.17, 15) is 14.0 Å². The van der Waals surface area contributed by atoms with Crippen molar-refractivity contribution >= 4 is 23.4 Å².